The Morgan fingerprint density at radius 3 is 1.77 bits per heavy atom. The maximum absolute atomic E-state index is 14.5. The van der Waals surface area contributed by atoms with Crippen molar-refractivity contribution in [2.24, 2.45) is 16.5 Å². The van der Waals surface area contributed by atoms with E-state index in [1.807, 2.05) is 91.0 Å². The second-order valence-electron chi connectivity index (χ2n) is 13.6. The topological polar surface area (TPSA) is 255 Å². The molecule has 9 N–H and O–H groups in total. The zero-order valence-corrected chi connectivity index (χ0v) is 31.3. The van der Waals surface area contributed by atoms with Crippen molar-refractivity contribution in [3.63, 3.8) is 0 Å². The number of carbonyl (C=O) groups is 5. The van der Waals surface area contributed by atoms with Crippen molar-refractivity contribution >= 4 is 35.6 Å². The van der Waals surface area contributed by atoms with E-state index in [1.54, 1.807) is 0 Å². The Bertz CT molecular complexity index is 1810. The highest BCUT2D eigenvalue weighted by molar-refractivity contribution is 5.94. The lowest BCUT2D eigenvalue weighted by Crippen LogP contribution is -2.66. The van der Waals surface area contributed by atoms with Crippen LogP contribution in [0.2, 0.25) is 0 Å². The van der Waals surface area contributed by atoms with Gasteiger partial charge in [-0.2, -0.15) is 0 Å². The van der Waals surface area contributed by atoms with Crippen molar-refractivity contribution in [1.29, 1.82) is 0 Å². The van der Waals surface area contributed by atoms with Gasteiger partial charge in [0.25, 0.3) is 5.91 Å². The summed E-state index contributed by atoms with van der Waals surface area (Å²) in [6, 6.07) is 25.3. The largest absolute Gasteiger partial charge is 0.481 e. The Morgan fingerprint density at radius 1 is 0.702 bits per heavy atom. The summed E-state index contributed by atoms with van der Waals surface area (Å²) in [4.78, 5) is 70.3. The number of carboxylic acid groups (broad SMARTS) is 1. The number of aliphatic imine (C=N–C) groups is 1. The van der Waals surface area contributed by atoms with Gasteiger partial charge in [0.2, 0.25) is 17.7 Å². The van der Waals surface area contributed by atoms with Gasteiger partial charge in [-0.25, -0.2) is 0 Å². The van der Waals surface area contributed by atoms with Gasteiger partial charge in [-0.3, -0.25) is 29.0 Å². The third kappa shape index (κ3) is 13.1. The Labute approximate surface area is 329 Å². The van der Waals surface area contributed by atoms with Crippen molar-refractivity contribution < 1.29 is 48.0 Å². The first-order valence-corrected chi connectivity index (χ1v) is 18.6. The SMILES string of the molecule is NC(N)=NCCC[C@@H]1NC(=O)[C@H]2O[C@H](CNC(=O)[C@H](CC(=O)O)NC(=O)CNC1=O)[C@H](OCc1ccccc1)[C@@H](OCc1ccccc1)[C@@H]2OCc1ccccc1. The number of carboxylic acids is 1. The maximum atomic E-state index is 14.5. The summed E-state index contributed by atoms with van der Waals surface area (Å²) in [6.45, 7) is -0.541. The molecule has 0 radical (unpaired) electrons. The molecule has 2 aliphatic rings. The van der Waals surface area contributed by atoms with Crippen LogP contribution in [-0.4, -0.2) is 103 Å². The number of ether oxygens (including phenoxy) is 4. The Morgan fingerprint density at radius 2 is 1.23 bits per heavy atom. The van der Waals surface area contributed by atoms with Gasteiger partial charge < -0.3 is 56.8 Å². The Balaban J connectivity index is 1.56. The van der Waals surface area contributed by atoms with E-state index in [-0.39, 0.29) is 51.7 Å². The van der Waals surface area contributed by atoms with Crippen LogP contribution >= 0.6 is 0 Å². The number of hydrogen-bond acceptors (Lipinski definition) is 10. The minimum atomic E-state index is -1.51. The number of hydrogen-bond donors (Lipinski definition) is 7. The van der Waals surface area contributed by atoms with E-state index in [1.165, 1.54) is 0 Å². The minimum absolute atomic E-state index is 0.0454. The lowest BCUT2D eigenvalue weighted by molar-refractivity contribution is -0.259. The van der Waals surface area contributed by atoms with Crippen LogP contribution in [0.4, 0.5) is 0 Å². The molecule has 0 aliphatic carbocycles. The van der Waals surface area contributed by atoms with Crippen LogP contribution in [0.5, 0.6) is 0 Å². The summed E-state index contributed by atoms with van der Waals surface area (Å²) in [5.74, 6) is -4.62. The number of rotatable bonds is 15. The second-order valence-corrected chi connectivity index (χ2v) is 13.6. The molecule has 2 saturated heterocycles. The standard InChI is InChI=1S/C40H49N7O10/c41-40(42)43-18-10-17-28-37(51)45-21-31(48)46-29(19-32(49)50)38(52)44-20-30-33(54-22-25-11-4-1-5-12-25)34(55-23-26-13-6-2-7-14-26)35(36(57-30)39(53)47-28)56-24-27-15-8-3-9-16-27/h1-9,11-16,28-30,33-36H,10,17-24H2,(H,44,52)(H,45,51)(H,46,48)(H,47,53)(H,49,50)(H4,41,42,43)/t28-,29-,30+,33-,34+,35-,36-/m0/s1. The van der Waals surface area contributed by atoms with Gasteiger partial charge in [0.15, 0.2) is 12.1 Å². The van der Waals surface area contributed by atoms with Gasteiger partial charge in [-0.15, -0.1) is 0 Å². The fourth-order valence-corrected chi connectivity index (χ4v) is 6.43. The van der Waals surface area contributed by atoms with Crippen molar-refractivity contribution in [3.05, 3.63) is 108 Å². The lowest BCUT2D eigenvalue weighted by atomic mass is 9.92. The molecule has 2 aliphatic heterocycles. The van der Waals surface area contributed by atoms with Crippen molar-refractivity contribution in [2.45, 2.75) is 81.7 Å². The van der Waals surface area contributed by atoms with Crippen molar-refractivity contribution in [1.82, 2.24) is 21.3 Å². The second kappa shape index (κ2) is 21.4. The average molecular weight is 788 g/mol. The summed E-state index contributed by atoms with van der Waals surface area (Å²) in [7, 11) is 0. The van der Waals surface area contributed by atoms with E-state index in [0.717, 1.165) is 16.7 Å². The summed E-state index contributed by atoms with van der Waals surface area (Å²) in [5.41, 5.74) is 13.4. The molecule has 2 fully saturated rings. The maximum Gasteiger partial charge on any atom is 0.305 e. The summed E-state index contributed by atoms with van der Waals surface area (Å²) < 4.78 is 26.3. The Hall–Kier alpha value is -5.88. The first kappa shape index (κ1) is 42.3. The van der Waals surface area contributed by atoms with Crippen LogP contribution in [0.25, 0.3) is 0 Å². The number of nitrogens with zero attached hydrogens (tertiary/aromatic N) is 1. The molecular weight excluding hydrogens is 738 g/mol. The molecule has 7 atom stereocenters. The quantitative estimate of drug-likeness (QED) is 0.0622. The number of guanidine groups is 1. The highest BCUT2D eigenvalue weighted by Crippen LogP contribution is 2.31. The van der Waals surface area contributed by atoms with Gasteiger partial charge in [0.05, 0.1) is 32.8 Å². The molecule has 0 saturated carbocycles. The van der Waals surface area contributed by atoms with Crippen LogP contribution in [0, 0.1) is 0 Å². The zero-order valence-electron chi connectivity index (χ0n) is 31.3. The molecule has 2 heterocycles. The summed E-state index contributed by atoms with van der Waals surface area (Å²) >= 11 is 0. The normalized spacial score (nSPS) is 24.4. The number of carbonyl (C=O) groups excluding carboxylic acids is 4. The van der Waals surface area contributed by atoms with E-state index in [0.29, 0.717) is 0 Å². The van der Waals surface area contributed by atoms with Crippen LogP contribution in [-0.2, 0) is 62.7 Å². The molecule has 17 heteroatoms. The highest BCUT2D eigenvalue weighted by atomic mass is 16.6. The van der Waals surface area contributed by atoms with Gasteiger partial charge >= 0.3 is 5.97 Å². The average Bonchev–Trinajstić information content (AvgIpc) is 3.21. The predicted molar refractivity (Wildman–Crippen MR) is 206 cm³/mol. The molecule has 0 spiro atoms. The van der Waals surface area contributed by atoms with Gasteiger partial charge in [0, 0.05) is 13.1 Å². The van der Waals surface area contributed by atoms with E-state index in [2.05, 4.69) is 26.3 Å². The summed E-state index contributed by atoms with van der Waals surface area (Å²) in [6.07, 6.45) is -6.08. The number of nitrogens with one attached hydrogen (secondary N) is 4. The minimum Gasteiger partial charge on any atom is -0.481 e. The van der Waals surface area contributed by atoms with E-state index in [4.69, 9.17) is 30.4 Å². The third-order valence-corrected chi connectivity index (χ3v) is 9.26. The molecule has 4 amide bonds. The number of aliphatic carboxylic acids is 1. The highest BCUT2D eigenvalue weighted by Gasteiger charge is 2.51. The molecule has 57 heavy (non-hydrogen) atoms. The Kier molecular flexibility index (Phi) is 15.9. The van der Waals surface area contributed by atoms with E-state index < -0.39 is 85.2 Å². The van der Waals surface area contributed by atoms with Crippen LogP contribution < -0.4 is 32.7 Å². The molecule has 0 aromatic heterocycles. The fourth-order valence-electron chi connectivity index (χ4n) is 6.43. The van der Waals surface area contributed by atoms with Gasteiger partial charge in [-0.05, 0) is 29.5 Å². The fraction of sp³-hybridized carbons (Fsp3) is 0.400. The lowest BCUT2D eigenvalue weighted by Gasteiger charge is -2.46. The van der Waals surface area contributed by atoms with Gasteiger partial charge in [0.1, 0.15) is 36.5 Å². The molecule has 5 rings (SSSR count). The predicted octanol–water partition coefficient (Wildman–Crippen LogP) is 0.254. The third-order valence-electron chi connectivity index (χ3n) is 9.26. The van der Waals surface area contributed by atoms with Crippen LogP contribution in [0.1, 0.15) is 36.0 Å². The van der Waals surface area contributed by atoms with Gasteiger partial charge in [-0.1, -0.05) is 91.0 Å². The van der Waals surface area contributed by atoms with E-state index in [9.17, 15) is 29.1 Å². The number of benzene rings is 3. The monoisotopic (exact) mass is 787 g/mol. The molecular formula is C40H49N7O10. The molecule has 17 nitrogen and oxygen atoms in total. The molecule has 0 unspecified atom stereocenters. The molecule has 2 bridgehead atoms. The first-order valence-electron chi connectivity index (χ1n) is 18.6. The van der Waals surface area contributed by atoms with Crippen molar-refractivity contribution in [2.75, 3.05) is 19.6 Å². The van der Waals surface area contributed by atoms with E-state index >= 15 is 0 Å². The first-order chi connectivity index (χ1) is 27.6. The number of nitrogens with two attached hydrogens (primary N) is 2. The molecule has 304 valence electrons. The summed E-state index contributed by atoms with van der Waals surface area (Å²) in [5, 5.41) is 19.9. The smallest absolute Gasteiger partial charge is 0.305 e. The molecule has 3 aromatic rings. The zero-order chi connectivity index (χ0) is 40.6. The molecule has 3 aromatic carbocycles. The van der Waals surface area contributed by atoms with Crippen molar-refractivity contribution in [3.8, 4) is 0 Å². The number of fused-ring (bicyclic) bond motifs is 2. The van der Waals surface area contributed by atoms with Crippen LogP contribution in [0.15, 0.2) is 96.0 Å². The number of amides is 4. The van der Waals surface area contributed by atoms with Crippen LogP contribution in [0.3, 0.4) is 0 Å².